The zero-order chi connectivity index (χ0) is 13.7. The van der Waals surface area contributed by atoms with Gasteiger partial charge in [0.25, 0.3) is 0 Å². The molecule has 0 heterocycles. The molecule has 1 rings (SSSR count). The number of nitrogens with one attached hydrogen (secondary N) is 1. The highest BCUT2D eigenvalue weighted by Gasteiger charge is 2.16. The largest absolute Gasteiger partial charge is 0.495 e. The van der Waals surface area contributed by atoms with Crippen molar-refractivity contribution in [3.05, 3.63) is 23.8 Å². The molecule has 0 radical (unpaired) electrons. The Morgan fingerprint density at radius 3 is 2.39 bits per heavy atom. The molecule has 0 saturated heterocycles. The molecule has 0 aliphatic rings. The van der Waals surface area contributed by atoms with Crippen LogP contribution in [-0.2, 0) is 14.3 Å². The normalized spacial score (nSPS) is 10.1. The van der Waals surface area contributed by atoms with Crippen LogP contribution in [0.2, 0.25) is 0 Å². The van der Waals surface area contributed by atoms with E-state index in [1.54, 1.807) is 12.1 Å². The van der Waals surface area contributed by atoms with Crippen molar-refractivity contribution in [1.82, 2.24) is 0 Å². The number of amides is 1. The lowest BCUT2D eigenvalue weighted by Gasteiger charge is -2.13. The standard InChI is InChI=1S/C13H17NO4/c1-8(2)9-5-6-11(17-3)10(7-9)14-12(15)13(16)18-4/h5-8H,1-4H3,(H,14,15). The van der Waals surface area contributed by atoms with E-state index >= 15 is 0 Å². The van der Waals surface area contributed by atoms with Gasteiger partial charge in [0.1, 0.15) is 5.75 Å². The Bertz CT molecular complexity index is 454. The van der Waals surface area contributed by atoms with Gasteiger partial charge < -0.3 is 14.8 Å². The second-order valence-electron chi connectivity index (χ2n) is 4.06. The predicted octanol–water partition coefficient (Wildman–Crippen LogP) is 1.93. The van der Waals surface area contributed by atoms with Gasteiger partial charge in [0.05, 0.1) is 19.9 Å². The number of carbonyl (C=O) groups excluding carboxylic acids is 2. The molecule has 1 aromatic carbocycles. The molecule has 0 spiro atoms. The minimum absolute atomic E-state index is 0.310. The number of hydrogen-bond acceptors (Lipinski definition) is 4. The maximum Gasteiger partial charge on any atom is 0.396 e. The van der Waals surface area contributed by atoms with E-state index in [0.717, 1.165) is 12.7 Å². The molecular formula is C13H17NO4. The van der Waals surface area contributed by atoms with Gasteiger partial charge in [0, 0.05) is 0 Å². The number of benzene rings is 1. The van der Waals surface area contributed by atoms with E-state index in [-0.39, 0.29) is 0 Å². The zero-order valence-corrected chi connectivity index (χ0v) is 10.9. The molecule has 0 aliphatic heterocycles. The molecule has 0 aliphatic carbocycles. The van der Waals surface area contributed by atoms with Gasteiger partial charge >= 0.3 is 11.9 Å². The van der Waals surface area contributed by atoms with Crippen LogP contribution >= 0.6 is 0 Å². The summed E-state index contributed by atoms with van der Waals surface area (Å²) in [7, 11) is 2.65. The predicted molar refractivity (Wildman–Crippen MR) is 67.7 cm³/mol. The van der Waals surface area contributed by atoms with Crippen LogP contribution in [-0.4, -0.2) is 26.1 Å². The SMILES string of the molecule is COC(=O)C(=O)Nc1cc(C(C)C)ccc1OC. The molecule has 0 fully saturated rings. The summed E-state index contributed by atoms with van der Waals surface area (Å²) in [4.78, 5) is 22.5. The molecule has 1 amide bonds. The molecule has 0 aromatic heterocycles. The number of anilines is 1. The van der Waals surface area contributed by atoms with Crippen molar-refractivity contribution in [3.63, 3.8) is 0 Å². The first kappa shape index (κ1) is 14.0. The van der Waals surface area contributed by atoms with Gasteiger partial charge in [-0.1, -0.05) is 19.9 Å². The smallest absolute Gasteiger partial charge is 0.396 e. The molecule has 1 aromatic rings. The van der Waals surface area contributed by atoms with Crippen LogP contribution in [0.25, 0.3) is 0 Å². The van der Waals surface area contributed by atoms with Crippen LogP contribution in [0, 0.1) is 0 Å². The third kappa shape index (κ3) is 3.23. The van der Waals surface area contributed by atoms with E-state index < -0.39 is 11.9 Å². The summed E-state index contributed by atoms with van der Waals surface area (Å²) >= 11 is 0. The molecule has 5 heteroatoms. The van der Waals surface area contributed by atoms with Crippen LogP contribution in [0.15, 0.2) is 18.2 Å². The van der Waals surface area contributed by atoms with E-state index in [1.807, 2.05) is 19.9 Å². The van der Waals surface area contributed by atoms with Gasteiger partial charge in [-0.2, -0.15) is 0 Å². The highest BCUT2D eigenvalue weighted by molar-refractivity contribution is 6.37. The summed E-state index contributed by atoms with van der Waals surface area (Å²) in [5.41, 5.74) is 1.50. The fourth-order valence-corrected chi connectivity index (χ4v) is 1.45. The fourth-order valence-electron chi connectivity index (χ4n) is 1.45. The van der Waals surface area contributed by atoms with E-state index in [2.05, 4.69) is 10.1 Å². The van der Waals surface area contributed by atoms with Crippen LogP contribution in [0.1, 0.15) is 25.3 Å². The first-order valence-corrected chi connectivity index (χ1v) is 5.56. The van der Waals surface area contributed by atoms with Crippen LogP contribution in [0.3, 0.4) is 0 Å². The van der Waals surface area contributed by atoms with Crippen molar-refractivity contribution in [2.24, 2.45) is 0 Å². The molecule has 0 atom stereocenters. The lowest BCUT2D eigenvalue weighted by Crippen LogP contribution is -2.24. The van der Waals surface area contributed by atoms with Crippen molar-refractivity contribution >= 4 is 17.6 Å². The van der Waals surface area contributed by atoms with Gasteiger partial charge in [-0.3, -0.25) is 4.79 Å². The van der Waals surface area contributed by atoms with Gasteiger partial charge in [-0.05, 0) is 23.6 Å². The first-order chi connectivity index (χ1) is 8.49. The molecule has 0 bridgehead atoms. The second kappa shape index (κ2) is 6.05. The van der Waals surface area contributed by atoms with Crippen LogP contribution < -0.4 is 10.1 Å². The first-order valence-electron chi connectivity index (χ1n) is 5.56. The Hall–Kier alpha value is -2.04. The van der Waals surface area contributed by atoms with E-state index in [4.69, 9.17) is 4.74 Å². The monoisotopic (exact) mass is 251 g/mol. The van der Waals surface area contributed by atoms with Gasteiger partial charge in [0.15, 0.2) is 0 Å². The molecular weight excluding hydrogens is 234 g/mol. The quantitative estimate of drug-likeness (QED) is 0.658. The van der Waals surface area contributed by atoms with Crippen LogP contribution in [0.4, 0.5) is 5.69 Å². The van der Waals surface area contributed by atoms with Crippen LogP contribution in [0.5, 0.6) is 5.75 Å². The van der Waals surface area contributed by atoms with Crippen molar-refractivity contribution in [1.29, 1.82) is 0 Å². The summed E-state index contributed by atoms with van der Waals surface area (Å²) in [5.74, 6) is -0.954. The van der Waals surface area contributed by atoms with Crippen molar-refractivity contribution in [2.45, 2.75) is 19.8 Å². The van der Waals surface area contributed by atoms with Gasteiger partial charge in [-0.15, -0.1) is 0 Å². The molecule has 0 saturated carbocycles. The highest BCUT2D eigenvalue weighted by Crippen LogP contribution is 2.28. The van der Waals surface area contributed by atoms with E-state index in [1.165, 1.54) is 7.11 Å². The Labute approximate surface area is 106 Å². The molecule has 0 unspecified atom stereocenters. The minimum atomic E-state index is -0.938. The summed E-state index contributed by atoms with van der Waals surface area (Å²) in [5, 5.41) is 2.47. The maximum atomic E-state index is 11.5. The summed E-state index contributed by atoms with van der Waals surface area (Å²) in [6, 6.07) is 5.45. The average molecular weight is 251 g/mol. The Morgan fingerprint density at radius 1 is 1.22 bits per heavy atom. The fraction of sp³-hybridized carbons (Fsp3) is 0.385. The number of methoxy groups -OCH3 is 2. The lowest BCUT2D eigenvalue weighted by atomic mass is 10.0. The van der Waals surface area contributed by atoms with Gasteiger partial charge in [-0.25, -0.2) is 4.79 Å². The van der Waals surface area contributed by atoms with Crippen molar-refractivity contribution < 1.29 is 19.1 Å². The Balaban J connectivity index is 3.01. The van der Waals surface area contributed by atoms with Crippen molar-refractivity contribution in [3.8, 4) is 5.75 Å². The number of rotatable bonds is 3. The minimum Gasteiger partial charge on any atom is -0.495 e. The third-order valence-corrected chi connectivity index (χ3v) is 2.51. The zero-order valence-electron chi connectivity index (χ0n) is 10.9. The number of carbonyl (C=O) groups is 2. The summed E-state index contributed by atoms with van der Waals surface area (Å²) < 4.78 is 9.47. The second-order valence-corrected chi connectivity index (χ2v) is 4.06. The third-order valence-electron chi connectivity index (χ3n) is 2.51. The Morgan fingerprint density at radius 2 is 1.89 bits per heavy atom. The number of esters is 1. The number of hydrogen-bond donors (Lipinski definition) is 1. The Kier molecular flexibility index (Phi) is 4.71. The molecule has 18 heavy (non-hydrogen) atoms. The molecule has 98 valence electrons. The summed E-state index contributed by atoms with van der Waals surface area (Å²) in [6.07, 6.45) is 0. The molecule has 1 N–H and O–H groups in total. The summed E-state index contributed by atoms with van der Waals surface area (Å²) in [6.45, 7) is 4.07. The molecule has 5 nitrogen and oxygen atoms in total. The van der Waals surface area contributed by atoms with E-state index in [0.29, 0.717) is 17.4 Å². The van der Waals surface area contributed by atoms with Crippen molar-refractivity contribution in [2.75, 3.05) is 19.5 Å². The topological polar surface area (TPSA) is 64.6 Å². The average Bonchev–Trinajstić information content (AvgIpc) is 2.37. The van der Waals surface area contributed by atoms with Gasteiger partial charge in [0.2, 0.25) is 0 Å². The van der Waals surface area contributed by atoms with E-state index in [9.17, 15) is 9.59 Å². The maximum absolute atomic E-state index is 11.5. The lowest BCUT2D eigenvalue weighted by molar-refractivity contribution is -0.150. The highest BCUT2D eigenvalue weighted by atomic mass is 16.5. The number of ether oxygens (including phenoxy) is 2.